The summed E-state index contributed by atoms with van der Waals surface area (Å²) in [7, 11) is 0. The molecule has 0 atom stereocenters. The summed E-state index contributed by atoms with van der Waals surface area (Å²) >= 11 is 1.60. The van der Waals surface area contributed by atoms with Crippen LogP contribution in [0.3, 0.4) is 0 Å². The highest BCUT2D eigenvalue weighted by molar-refractivity contribution is 8.00. The third-order valence-electron chi connectivity index (χ3n) is 5.20. The molecule has 146 valence electrons. The summed E-state index contributed by atoms with van der Waals surface area (Å²) in [5.41, 5.74) is 8.57. The molecule has 4 nitrogen and oxygen atoms in total. The minimum absolute atomic E-state index is 0.0122. The molecule has 1 heterocycles. The molecule has 3 rings (SSSR count). The summed E-state index contributed by atoms with van der Waals surface area (Å²) in [4.78, 5) is 13.9. The normalized spacial score (nSPS) is 10.9. The molecule has 0 aliphatic rings. The molecule has 0 spiro atoms. The van der Waals surface area contributed by atoms with Crippen molar-refractivity contribution in [3.8, 4) is 5.69 Å². The number of aryl methyl sites for hydroxylation is 3. The van der Waals surface area contributed by atoms with Crippen molar-refractivity contribution < 1.29 is 4.79 Å². The minimum Gasteiger partial charge on any atom is -0.322 e. The van der Waals surface area contributed by atoms with Crippen LogP contribution in [0.2, 0.25) is 0 Å². The van der Waals surface area contributed by atoms with Crippen LogP contribution in [0.25, 0.3) is 5.69 Å². The van der Waals surface area contributed by atoms with Gasteiger partial charge in [-0.1, -0.05) is 24.3 Å². The van der Waals surface area contributed by atoms with E-state index in [2.05, 4.69) is 44.2 Å². The van der Waals surface area contributed by atoms with Gasteiger partial charge in [-0.05, 0) is 75.9 Å². The highest BCUT2D eigenvalue weighted by Crippen LogP contribution is 2.31. The fourth-order valence-corrected chi connectivity index (χ4v) is 4.46. The van der Waals surface area contributed by atoms with E-state index in [4.69, 9.17) is 0 Å². The smallest absolute Gasteiger partial charge is 0.234 e. The van der Waals surface area contributed by atoms with Crippen LogP contribution in [0.15, 0.2) is 41.3 Å². The molecule has 0 unspecified atom stereocenters. The van der Waals surface area contributed by atoms with E-state index >= 15 is 0 Å². The maximum Gasteiger partial charge on any atom is 0.234 e. The van der Waals surface area contributed by atoms with Gasteiger partial charge in [0.2, 0.25) is 5.91 Å². The molecule has 0 saturated carbocycles. The van der Waals surface area contributed by atoms with Gasteiger partial charge in [-0.25, -0.2) is 4.68 Å². The number of rotatable bonds is 5. The average Bonchev–Trinajstić information content (AvgIpc) is 2.95. The number of nitrogens with zero attached hydrogens (tertiary/aromatic N) is 2. The maximum absolute atomic E-state index is 12.7. The predicted octanol–water partition coefficient (Wildman–Crippen LogP) is 5.45. The summed E-state index contributed by atoms with van der Waals surface area (Å²) in [6, 6.07) is 12.2. The molecule has 0 fully saturated rings. The summed E-state index contributed by atoms with van der Waals surface area (Å²) < 4.78 is 1.87. The van der Waals surface area contributed by atoms with E-state index in [0.29, 0.717) is 5.75 Å². The Morgan fingerprint density at radius 3 is 2.21 bits per heavy atom. The Bertz CT molecular complexity index is 996. The van der Waals surface area contributed by atoms with Gasteiger partial charge in [0.05, 0.1) is 28.5 Å². The Morgan fingerprint density at radius 1 is 1.00 bits per heavy atom. The zero-order valence-electron chi connectivity index (χ0n) is 17.4. The lowest BCUT2D eigenvalue weighted by atomic mass is 10.0. The lowest BCUT2D eigenvalue weighted by Gasteiger charge is -2.14. The van der Waals surface area contributed by atoms with Crippen molar-refractivity contribution in [1.29, 1.82) is 0 Å². The van der Waals surface area contributed by atoms with Crippen LogP contribution in [0, 0.1) is 41.5 Å². The summed E-state index contributed by atoms with van der Waals surface area (Å²) in [5.74, 6) is 0.363. The Morgan fingerprint density at radius 2 is 1.61 bits per heavy atom. The predicted molar refractivity (Wildman–Crippen MR) is 118 cm³/mol. The van der Waals surface area contributed by atoms with Gasteiger partial charge in [0.25, 0.3) is 0 Å². The zero-order valence-corrected chi connectivity index (χ0v) is 18.2. The molecule has 0 bridgehead atoms. The fourth-order valence-electron chi connectivity index (χ4n) is 3.35. The average molecular weight is 394 g/mol. The number of hydrogen-bond acceptors (Lipinski definition) is 3. The second-order valence-electron chi connectivity index (χ2n) is 7.22. The molecule has 0 saturated heterocycles. The maximum atomic E-state index is 12.7. The van der Waals surface area contributed by atoms with Crippen LogP contribution in [0.1, 0.15) is 33.6 Å². The standard InChI is InChI=1S/C23H27N3OS/c1-14-12-15(2)17(4)23(16(14)3)28-13-21(27)24-22-18(5)25-26(19(22)6)20-10-8-7-9-11-20/h7-12H,13H2,1-6H3,(H,24,27). The first-order valence-corrected chi connectivity index (χ1v) is 10.4. The van der Waals surface area contributed by atoms with E-state index in [-0.39, 0.29) is 5.91 Å². The number of carbonyl (C=O) groups excluding carboxylic acids is 1. The van der Waals surface area contributed by atoms with E-state index < -0.39 is 0 Å². The van der Waals surface area contributed by atoms with Gasteiger partial charge in [0.15, 0.2) is 0 Å². The van der Waals surface area contributed by atoms with Crippen LogP contribution < -0.4 is 5.32 Å². The lowest BCUT2D eigenvalue weighted by molar-refractivity contribution is -0.113. The number of aromatic nitrogens is 2. The molecule has 0 radical (unpaired) electrons. The SMILES string of the molecule is Cc1cc(C)c(C)c(SCC(=O)Nc2c(C)nn(-c3ccccc3)c2C)c1C. The summed E-state index contributed by atoms with van der Waals surface area (Å²) in [6.07, 6.45) is 0. The van der Waals surface area contributed by atoms with Crippen LogP contribution in [-0.2, 0) is 4.79 Å². The molecular formula is C23H27N3OS. The Hall–Kier alpha value is -2.53. The molecule has 3 aromatic rings. The number of carbonyl (C=O) groups is 1. The van der Waals surface area contributed by atoms with E-state index in [1.165, 1.54) is 27.1 Å². The van der Waals surface area contributed by atoms with Gasteiger partial charge >= 0.3 is 0 Å². The molecule has 0 aliphatic heterocycles. The topological polar surface area (TPSA) is 46.9 Å². The molecule has 28 heavy (non-hydrogen) atoms. The first-order valence-electron chi connectivity index (χ1n) is 9.41. The van der Waals surface area contributed by atoms with Gasteiger partial charge in [-0.15, -0.1) is 11.8 Å². The third-order valence-corrected chi connectivity index (χ3v) is 6.51. The number of hydrogen-bond donors (Lipinski definition) is 1. The van der Waals surface area contributed by atoms with Crippen LogP contribution in [0.4, 0.5) is 5.69 Å². The molecule has 1 amide bonds. The van der Waals surface area contributed by atoms with Gasteiger partial charge < -0.3 is 5.32 Å². The van der Waals surface area contributed by atoms with Crippen molar-refractivity contribution in [3.63, 3.8) is 0 Å². The first-order chi connectivity index (χ1) is 13.3. The number of amides is 1. The first kappa shape index (κ1) is 20.2. The largest absolute Gasteiger partial charge is 0.322 e. The van der Waals surface area contributed by atoms with E-state index in [1.807, 2.05) is 48.9 Å². The molecule has 0 aliphatic carbocycles. The van der Waals surface area contributed by atoms with Crippen molar-refractivity contribution in [2.45, 2.75) is 46.4 Å². The van der Waals surface area contributed by atoms with Crippen molar-refractivity contribution in [2.24, 2.45) is 0 Å². The number of para-hydroxylation sites is 1. The van der Waals surface area contributed by atoms with Gasteiger partial charge in [0.1, 0.15) is 0 Å². The van der Waals surface area contributed by atoms with Crippen molar-refractivity contribution >= 4 is 23.4 Å². The van der Waals surface area contributed by atoms with Crippen LogP contribution in [-0.4, -0.2) is 21.4 Å². The molecular weight excluding hydrogens is 366 g/mol. The number of nitrogens with one attached hydrogen (secondary N) is 1. The van der Waals surface area contributed by atoms with Crippen molar-refractivity contribution in [1.82, 2.24) is 9.78 Å². The molecule has 5 heteroatoms. The number of thioether (sulfide) groups is 1. The second-order valence-corrected chi connectivity index (χ2v) is 8.21. The summed E-state index contributed by atoms with van der Waals surface area (Å²) in [6.45, 7) is 12.4. The minimum atomic E-state index is -0.0122. The quantitative estimate of drug-likeness (QED) is 0.586. The molecule has 2 aromatic carbocycles. The Labute approximate surface area is 171 Å². The Kier molecular flexibility index (Phi) is 5.94. The van der Waals surface area contributed by atoms with E-state index in [1.54, 1.807) is 11.8 Å². The highest BCUT2D eigenvalue weighted by atomic mass is 32.2. The van der Waals surface area contributed by atoms with Gasteiger partial charge in [-0.2, -0.15) is 5.10 Å². The van der Waals surface area contributed by atoms with Crippen molar-refractivity contribution in [2.75, 3.05) is 11.1 Å². The number of anilines is 1. The van der Waals surface area contributed by atoms with Gasteiger partial charge in [0, 0.05) is 4.90 Å². The van der Waals surface area contributed by atoms with Crippen LogP contribution >= 0.6 is 11.8 Å². The van der Waals surface area contributed by atoms with Crippen LogP contribution in [0.5, 0.6) is 0 Å². The van der Waals surface area contributed by atoms with Gasteiger partial charge in [-0.3, -0.25) is 4.79 Å². The third kappa shape index (κ3) is 3.99. The molecule has 1 aromatic heterocycles. The monoisotopic (exact) mass is 393 g/mol. The number of benzene rings is 2. The molecule has 1 N–H and O–H groups in total. The Balaban J connectivity index is 1.76. The van der Waals surface area contributed by atoms with E-state index in [9.17, 15) is 4.79 Å². The van der Waals surface area contributed by atoms with Crippen molar-refractivity contribution in [3.05, 3.63) is 70.0 Å². The highest BCUT2D eigenvalue weighted by Gasteiger charge is 2.16. The lowest BCUT2D eigenvalue weighted by Crippen LogP contribution is -2.15. The fraction of sp³-hybridized carbons (Fsp3) is 0.304. The summed E-state index contributed by atoms with van der Waals surface area (Å²) in [5, 5.41) is 7.66. The second kappa shape index (κ2) is 8.23. The van der Waals surface area contributed by atoms with E-state index in [0.717, 1.165) is 22.8 Å². The zero-order chi connectivity index (χ0) is 20.4.